The van der Waals surface area contributed by atoms with Gasteiger partial charge in [-0.05, 0) is 24.6 Å². The Bertz CT molecular complexity index is 492. The van der Waals surface area contributed by atoms with Gasteiger partial charge in [-0.3, -0.25) is 4.68 Å². The molecule has 0 aromatic carbocycles. The number of methoxy groups -OCH3 is 1. The van der Waals surface area contributed by atoms with Crippen LogP contribution in [-0.4, -0.2) is 30.0 Å². The summed E-state index contributed by atoms with van der Waals surface area (Å²) >= 11 is 1.87. The van der Waals surface area contributed by atoms with Gasteiger partial charge in [0.05, 0.1) is 18.8 Å². The number of ether oxygens (including phenoxy) is 1. The van der Waals surface area contributed by atoms with E-state index in [0.717, 1.165) is 38.4 Å². The van der Waals surface area contributed by atoms with Gasteiger partial charge in [-0.25, -0.2) is 0 Å². The quantitative estimate of drug-likeness (QED) is 0.754. The van der Waals surface area contributed by atoms with E-state index in [1.54, 1.807) is 7.11 Å². The van der Waals surface area contributed by atoms with E-state index in [9.17, 15) is 0 Å². The summed E-state index contributed by atoms with van der Waals surface area (Å²) in [6.07, 6.45) is 3.15. The molecule has 0 saturated carbocycles. The molecule has 2 rings (SSSR count). The zero-order valence-electron chi connectivity index (χ0n) is 11.6. The van der Waals surface area contributed by atoms with Crippen LogP contribution >= 0.6 is 11.3 Å². The van der Waals surface area contributed by atoms with Crippen LogP contribution in [0, 0.1) is 0 Å². The Balaban J connectivity index is 1.83. The van der Waals surface area contributed by atoms with E-state index in [1.807, 2.05) is 22.2 Å². The van der Waals surface area contributed by atoms with Crippen LogP contribution in [0.25, 0.3) is 0 Å². The van der Waals surface area contributed by atoms with Crippen LogP contribution in [0.4, 0.5) is 0 Å². The second-order valence-electron chi connectivity index (χ2n) is 4.40. The van der Waals surface area contributed by atoms with E-state index in [2.05, 4.69) is 35.5 Å². The van der Waals surface area contributed by atoms with Crippen molar-refractivity contribution in [3.63, 3.8) is 0 Å². The average molecular weight is 279 g/mol. The minimum Gasteiger partial charge on any atom is -0.383 e. The van der Waals surface area contributed by atoms with Crippen molar-refractivity contribution >= 4 is 11.3 Å². The molecule has 4 nitrogen and oxygen atoms in total. The monoisotopic (exact) mass is 279 g/mol. The first-order valence-corrected chi connectivity index (χ1v) is 7.43. The average Bonchev–Trinajstić information content (AvgIpc) is 3.05. The third-order valence-electron chi connectivity index (χ3n) is 2.87. The zero-order valence-corrected chi connectivity index (χ0v) is 12.4. The molecule has 0 aliphatic carbocycles. The first kappa shape index (κ1) is 14.2. The molecule has 0 unspecified atom stereocenters. The second kappa shape index (κ2) is 7.43. The first-order chi connectivity index (χ1) is 9.31. The lowest BCUT2D eigenvalue weighted by Crippen LogP contribution is -2.19. The molecule has 2 aromatic rings. The van der Waals surface area contributed by atoms with Crippen LogP contribution in [0.2, 0.25) is 0 Å². The number of thiophene rings is 1. The lowest BCUT2D eigenvalue weighted by molar-refractivity contribution is 0.199. The van der Waals surface area contributed by atoms with Crippen LogP contribution in [-0.2, 0) is 24.2 Å². The summed E-state index contributed by atoms with van der Waals surface area (Å²) in [5.41, 5.74) is 1.07. The van der Waals surface area contributed by atoms with Crippen molar-refractivity contribution in [2.75, 3.05) is 20.3 Å². The molecule has 0 spiro atoms. The fourth-order valence-corrected chi connectivity index (χ4v) is 2.78. The Labute approximate surface area is 118 Å². The number of hydrogen-bond donors (Lipinski definition) is 1. The SMILES string of the molecule is CCc1ccc(Cn2ccc(CNCCOC)n2)s1. The predicted molar refractivity (Wildman–Crippen MR) is 78.6 cm³/mol. The molecule has 0 aliphatic rings. The highest BCUT2D eigenvalue weighted by Gasteiger charge is 2.02. The van der Waals surface area contributed by atoms with Crippen molar-refractivity contribution in [3.05, 3.63) is 39.8 Å². The van der Waals surface area contributed by atoms with E-state index < -0.39 is 0 Å². The summed E-state index contributed by atoms with van der Waals surface area (Å²) in [5, 5.41) is 7.85. The minimum absolute atomic E-state index is 0.732. The molecule has 0 atom stereocenters. The van der Waals surface area contributed by atoms with Crippen LogP contribution < -0.4 is 5.32 Å². The Kier molecular flexibility index (Phi) is 5.57. The standard InChI is InChI=1S/C14H21N3OS/c1-3-13-4-5-14(19-13)11-17-8-6-12(16-17)10-15-7-9-18-2/h4-6,8,15H,3,7,9-11H2,1-2H3. The fourth-order valence-electron chi connectivity index (χ4n) is 1.83. The van der Waals surface area contributed by atoms with Crippen molar-refractivity contribution < 1.29 is 4.74 Å². The van der Waals surface area contributed by atoms with Gasteiger partial charge in [0.15, 0.2) is 0 Å². The van der Waals surface area contributed by atoms with Gasteiger partial charge < -0.3 is 10.1 Å². The van der Waals surface area contributed by atoms with Gasteiger partial charge in [-0.1, -0.05) is 6.92 Å². The Hall–Kier alpha value is -1.17. The maximum absolute atomic E-state index is 4.99. The molecule has 0 fully saturated rings. The minimum atomic E-state index is 0.732. The summed E-state index contributed by atoms with van der Waals surface area (Å²) in [6, 6.07) is 6.46. The van der Waals surface area contributed by atoms with Crippen molar-refractivity contribution in [1.29, 1.82) is 0 Å². The highest BCUT2D eigenvalue weighted by atomic mass is 32.1. The number of nitrogens with zero attached hydrogens (tertiary/aromatic N) is 2. The molecular weight excluding hydrogens is 258 g/mol. The van der Waals surface area contributed by atoms with Gasteiger partial charge in [0.1, 0.15) is 0 Å². The summed E-state index contributed by atoms with van der Waals surface area (Å²) in [7, 11) is 1.71. The molecule has 104 valence electrons. The normalized spacial score (nSPS) is 11.1. The molecule has 19 heavy (non-hydrogen) atoms. The van der Waals surface area contributed by atoms with Crippen molar-refractivity contribution in [2.45, 2.75) is 26.4 Å². The Morgan fingerprint density at radius 1 is 1.32 bits per heavy atom. The fraction of sp³-hybridized carbons (Fsp3) is 0.500. The molecular formula is C14H21N3OS. The van der Waals surface area contributed by atoms with Gasteiger partial charge in [0, 0.05) is 36.2 Å². The van der Waals surface area contributed by atoms with Crippen LogP contribution in [0.1, 0.15) is 22.4 Å². The number of nitrogens with one attached hydrogen (secondary N) is 1. The van der Waals surface area contributed by atoms with Gasteiger partial charge in [0.2, 0.25) is 0 Å². The highest BCUT2D eigenvalue weighted by Crippen LogP contribution is 2.17. The zero-order chi connectivity index (χ0) is 13.5. The van der Waals surface area contributed by atoms with E-state index in [4.69, 9.17) is 4.74 Å². The van der Waals surface area contributed by atoms with E-state index in [-0.39, 0.29) is 0 Å². The molecule has 1 N–H and O–H groups in total. The lowest BCUT2D eigenvalue weighted by Gasteiger charge is -2.01. The topological polar surface area (TPSA) is 39.1 Å². The van der Waals surface area contributed by atoms with Crippen molar-refractivity contribution in [3.8, 4) is 0 Å². The molecule has 2 heterocycles. The van der Waals surface area contributed by atoms with Crippen LogP contribution in [0.15, 0.2) is 24.4 Å². The molecule has 0 amide bonds. The maximum atomic E-state index is 4.99. The van der Waals surface area contributed by atoms with Crippen molar-refractivity contribution in [1.82, 2.24) is 15.1 Å². The van der Waals surface area contributed by atoms with Gasteiger partial charge in [0.25, 0.3) is 0 Å². The number of hydrogen-bond acceptors (Lipinski definition) is 4. The maximum Gasteiger partial charge on any atom is 0.0762 e. The second-order valence-corrected chi connectivity index (χ2v) is 5.65. The first-order valence-electron chi connectivity index (χ1n) is 6.61. The number of aromatic nitrogens is 2. The van der Waals surface area contributed by atoms with Gasteiger partial charge >= 0.3 is 0 Å². The smallest absolute Gasteiger partial charge is 0.0762 e. The van der Waals surface area contributed by atoms with E-state index >= 15 is 0 Å². The van der Waals surface area contributed by atoms with Crippen molar-refractivity contribution in [2.24, 2.45) is 0 Å². The summed E-state index contributed by atoms with van der Waals surface area (Å²) in [5.74, 6) is 0. The van der Waals surface area contributed by atoms with Crippen LogP contribution in [0.3, 0.4) is 0 Å². The highest BCUT2D eigenvalue weighted by molar-refractivity contribution is 7.11. The predicted octanol–water partition coefficient (Wildman–Crippen LogP) is 2.29. The summed E-state index contributed by atoms with van der Waals surface area (Å²) in [4.78, 5) is 2.79. The van der Waals surface area contributed by atoms with Gasteiger partial charge in [-0.15, -0.1) is 11.3 Å². The Morgan fingerprint density at radius 3 is 2.89 bits per heavy atom. The molecule has 2 aromatic heterocycles. The third-order valence-corrected chi connectivity index (χ3v) is 4.08. The van der Waals surface area contributed by atoms with E-state index in [0.29, 0.717) is 0 Å². The van der Waals surface area contributed by atoms with Gasteiger partial charge in [-0.2, -0.15) is 5.10 Å². The lowest BCUT2D eigenvalue weighted by atomic mass is 10.4. The molecule has 0 radical (unpaired) electrons. The molecule has 0 aliphatic heterocycles. The molecule has 0 bridgehead atoms. The third kappa shape index (κ3) is 4.45. The van der Waals surface area contributed by atoms with Crippen LogP contribution in [0.5, 0.6) is 0 Å². The summed E-state index contributed by atoms with van der Waals surface area (Å²) < 4.78 is 6.99. The number of rotatable bonds is 8. The molecule has 5 heteroatoms. The summed E-state index contributed by atoms with van der Waals surface area (Å²) in [6.45, 7) is 5.43. The van der Waals surface area contributed by atoms with E-state index in [1.165, 1.54) is 9.75 Å². The Morgan fingerprint density at radius 2 is 2.16 bits per heavy atom. The molecule has 0 saturated heterocycles. The largest absolute Gasteiger partial charge is 0.383 e. The number of aryl methyl sites for hydroxylation is 1.